The van der Waals surface area contributed by atoms with E-state index in [2.05, 4.69) is 23.7 Å². The summed E-state index contributed by atoms with van der Waals surface area (Å²) in [6.07, 6.45) is 2.11. The first-order chi connectivity index (χ1) is 7.20. The van der Waals surface area contributed by atoms with Gasteiger partial charge in [-0.3, -0.25) is 0 Å². The zero-order valence-corrected chi connectivity index (χ0v) is 9.61. The molecule has 2 amide bonds. The number of hydrogen-bond donors (Lipinski definition) is 1. The Labute approximate surface area is 91.3 Å². The minimum absolute atomic E-state index is 0.581. The quantitative estimate of drug-likeness (QED) is 0.483. The number of rotatable bonds is 8. The molecule has 0 atom stereocenters. The summed E-state index contributed by atoms with van der Waals surface area (Å²) in [5.74, 6) is 0. The molecule has 0 aromatic carbocycles. The highest BCUT2D eigenvalue weighted by Gasteiger charge is 1.97. The second-order valence-electron chi connectivity index (χ2n) is 3.08. The van der Waals surface area contributed by atoms with E-state index in [1.54, 1.807) is 0 Å². The van der Waals surface area contributed by atoms with Crippen LogP contribution in [-0.2, 0) is 4.74 Å². The first-order valence-electron chi connectivity index (χ1n) is 5.32. The van der Waals surface area contributed by atoms with E-state index in [4.69, 9.17) is 10.5 Å². The Morgan fingerprint density at radius 3 is 2.60 bits per heavy atom. The molecule has 5 heteroatoms. The number of amides is 2. The SMILES string of the molecule is CCN(CC)CCOCCC=NC(N)=O. The van der Waals surface area contributed by atoms with Crippen LogP contribution in [0.3, 0.4) is 0 Å². The van der Waals surface area contributed by atoms with Gasteiger partial charge < -0.3 is 15.4 Å². The summed E-state index contributed by atoms with van der Waals surface area (Å²) in [5.41, 5.74) is 4.82. The van der Waals surface area contributed by atoms with E-state index in [-0.39, 0.29) is 0 Å². The Kier molecular flexibility index (Phi) is 9.01. The lowest BCUT2D eigenvalue weighted by atomic mass is 10.5. The number of ether oxygens (including phenoxy) is 1. The highest BCUT2D eigenvalue weighted by atomic mass is 16.5. The zero-order chi connectivity index (χ0) is 11.5. The van der Waals surface area contributed by atoms with Gasteiger partial charge in [0.1, 0.15) is 0 Å². The van der Waals surface area contributed by atoms with Crippen molar-refractivity contribution in [3.8, 4) is 0 Å². The Morgan fingerprint density at radius 1 is 1.40 bits per heavy atom. The van der Waals surface area contributed by atoms with Gasteiger partial charge in [0, 0.05) is 19.2 Å². The number of nitrogens with two attached hydrogens (primary N) is 1. The molecule has 0 saturated heterocycles. The van der Waals surface area contributed by atoms with E-state index in [1.165, 1.54) is 6.21 Å². The van der Waals surface area contributed by atoms with Crippen molar-refractivity contribution in [2.45, 2.75) is 20.3 Å². The summed E-state index contributed by atoms with van der Waals surface area (Å²) in [4.78, 5) is 15.9. The van der Waals surface area contributed by atoms with Crippen molar-refractivity contribution < 1.29 is 9.53 Å². The second kappa shape index (κ2) is 9.61. The molecule has 15 heavy (non-hydrogen) atoms. The number of hydrogen-bond acceptors (Lipinski definition) is 3. The maximum Gasteiger partial charge on any atom is 0.337 e. The molecule has 0 spiro atoms. The lowest BCUT2D eigenvalue weighted by Crippen LogP contribution is -2.27. The van der Waals surface area contributed by atoms with E-state index >= 15 is 0 Å². The van der Waals surface area contributed by atoms with E-state index in [0.717, 1.165) is 19.6 Å². The number of urea groups is 1. The van der Waals surface area contributed by atoms with E-state index < -0.39 is 6.03 Å². The Balaban J connectivity index is 3.28. The molecule has 2 N–H and O–H groups in total. The van der Waals surface area contributed by atoms with Gasteiger partial charge in [-0.05, 0) is 13.1 Å². The highest BCUT2D eigenvalue weighted by molar-refractivity contribution is 5.81. The van der Waals surface area contributed by atoms with Crippen molar-refractivity contribution >= 4 is 12.2 Å². The van der Waals surface area contributed by atoms with Gasteiger partial charge in [0.2, 0.25) is 0 Å². The third-order valence-corrected chi connectivity index (χ3v) is 2.06. The van der Waals surface area contributed by atoms with Crippen LogP contribution in [0.4, 0.5) is 4.79 Å². The predicted molar refractivity (Wildman–Crippen MR) is 61.3 cm³/mol. The fourth-order valence-electron chi connectivity index (χ4n) is 1.13. The van der Waals surface area contributed by atoms with Crippen LogP contribution in [0.15, 0.2) is 4.99 Å². The van der Waals surface area contributed by atoms with Gasteiger partial charge in [0.25, 0.3) is 0 Å². The average Bonchev–Trinajstić information content (AvgIpc) is 2.22. The number of carbonyl (C=O) groups excluding carboxylic acids is 1. The lowest BCUT2D eigenvalue weighted by Gasteiger charge is -2.17. The molecule has 0 rings (SSSR count). The van der Waals surface area contributed by atoms with Crippen LogP contribution in [-0.4, -0.2) is 50.0 Å². The Morgan fingerprint density at radius 2 is 2.07 bits per heavy atom. The van der Waals surface area contributed by atoms with Crippen molar-refractivity contribution in [2.24, 2.45) is 10.7 Å². The maximum atomic E-state index is 10.2. The molecular weight excluding hydrogens is 194 g/mol. The van der Waals surface area contributed by atoms with Crippen LogP contribution in [0, 0.1) is 0 Å². The third-order valence-electron chi connectivity index (χ3n) is 2.06. The molecule has 0 unspecified atom stereocenters. The Bertz CT molecular complexity index is 191. The maximum absolute atomic E-state index is 10.2. The summed E-state index contributed by atoms with van der Waals surface area (Å²) in [6.45, 7) is 8.59. The van der Waals surface area contributed by atoms with Crippen LogP contribution in [0.2, 0.25) is 0 Å². The number of carbonyl (C=O) groups is 1. The van der Waals surface area contributed by atoms with Crippen molar-refractivity contribution in [2.75, 3.05) is 32.8 Å². The highest BCUT2D eigenvalue weighted by Crippen LogP contribution is 1.87. The fourth-order valence-corrected chi connectivity index (χ4v) is 1.13. The van der Waals surface area contributed by atoms with Crippen molar-refractivity contribution in [1.82, 2.24) is 4.90 Å². The smallest absolute Gasteiger partial charge is 0.337 e. The molecule has 0 aliphatic rings. The van der Waals surface area contributed by atoms with Gasteiger partial charge in [-0.25, -0.2) is 9.79 Å². The molecule has 88 valence electrons. The van der Waals surface area contributed by atoms with Crippen LogP contribution in [0.1, 0.15) is 20.3 Å². The van der Waals surface area contributed by atoms with Gasteiger partial charge >= 0.3 is 6.03 Å². The van der Waals surface area contributed by atoms with Gasteiger partial charge in [-0.1, -0.05) is 13.8 Å². The number of likely N-dealkylation sites (N-methyl/N-ethyl adjacent to an activating group) is 1. The Hall–Kier alpha value is -0.940. The minimum atomic E-state index is -0.654. The summed E-state index contributed by atoms with van der Waals surface area (Å²) < 4.78 is 5.36. The van der Waals surface area contributed by atoms with Crippen molar-refractivity contribution in [3.63, 3.8) is 0 Å². The summed E-state index contributed by atoms with van der Waals surface area (Å²) in [6, 6.07) is -0.654. The standard InChI is InChI=1S/C10H21N3O2/c1-3-13(4-2)7-9-15-8-5-6-12-10(11)14/h6H,3-5,7-9H2,1-2H3,(H2,11,14). The average molecular weight is 215 g/mol. The fraction of sp³-hybridized carbons (Fsp3) is 0.800. The number of nitrogens with zero attached hydrogens (tertiary/aromatic N) is 2. The monoisotopic (exact) mass is 215 g/mol. The molecule has 0 aliphatic carbocycles. The molecule has 0 aliphatic heterocycles. The first kappa shape index (κ1) is 14.1. The van der Waals surface area contributed by atoms with E-state index in [0.29, 0.717) is 19.6 Å². The number of primary amides is 1. The molecule has 0 radical (unpaired) electrons. The topological polar surface area (TPSA) is 67.9 Å². The zero-order valence-electron chi connectivity index (χ0n) is 9.61. The molecular formula is C10H21N3O2. The lowest BCUT2D eigenvalue weighted by molar-refractivity contribution is 0.113. The molecule has 0 saturated carbocycles. The molecule has 0 fully saturated rings. The molecule has 0 aromatic rings. The van der Waals surface area contributed by atoms with Gasteiger partial charge in [0.05, 0.1) is 13.2 Å². The van der Waals surface area contributed by atoms with Crippen molar-refractivity contribution in [1.29, 1.82) is 0 Å². The normalized spacial score (nSPS) is 11.4. The largest absolute Gasteiger partial charge is 0.380 e. The first-order valence-corrected chi connectivity index (χ1v) is 5.32. The summed E-state index contributed by atoms with van der Waals surface area (Å²) in [7, 11) is 0. The van der Waals surface area contributed by atoms with Crippen molar-refractivity contribution in [3.05, 3.63) is 0 Å². The number of aliphatic imine (C=N–C) groups is 1. The second-order valence-corrected chi connectivity index (χ2v) is 3.08. The minimum Gasteiger partial charge on any atom is -0.380 e. The molecule has 0 heterocycles. The third kappa shape index (κ3) is 9.37. The van der Waals surface area contributed by atoms with E-state index in [1.807, 2.05) is 0 Å². The molecule has 0 bridgehead atoms. The molecule has 5 nitrogen and oxygen atoms in total. The summed E-state index contributed by atoms with van der Waals surface area (Å²) >= 11 is 0. The van der Waals surface area contributed by atoms with Crippen LogP contribution < -0.4 is 5.73 Å². The van der Waals surface area contributed by atoms with Gasteiger partial charge in [-0.15, -0.1) is 0 Å². The molecule has 0 aromatic heterocycles. The van der Waals surface area contributed by atoms with Crippen LogP contribution >= 0.6 is 0 Å². The van der Waals surface area contributed by atoms with Gasteiger partial charge in [0.15, 0.2) is 0 Å². The van der Waals surface area contributed by atoms with Gasteiger partial charge in [-0.2, -0.15) is 0 Å². The summed E-state index contributed by atoms with van der Waals surface area (Å²) in [5, 5.41) is 0. The predicted octanol–water partition coefficient (Wildman–Crippen LogP) is 0.884. The van der Waals surface area contributed by atoms with Crippen LogP contribution in [0.25, 0.3) is 0 Å². The van der Waals surface area contributed by atoms with Crippen LogP contribution in [0.5, 0.6) is 0 Å². The van der Waals surface area contributed by atoms with E-state index in [9.17, 15) is 4.79 Å².